The van der Waals surface area contributed by atoms with E-state index in [0.717, 1.165) is 5.15 Å². The molecule has 0 amide bonds. The van der Waals surface area contributed by atoms with E-state index in [1.54, 1.807) is 0 Å². The minimum absolute atomic E-state index is 0.424. The van der Waals surface area contributed by atoms with E-state index >= 15 is 0 Å². The minimum Gasteiger partial charge on any atom is -0.349 e. The van der Waals surface area contributed by atoms with Gasteiger partial charge in [0.1, 0.15) is 5.15 Å². The molecule has 0 bridgehead atoms. The number of rotatable bonds is 1. The molecule has 0 saturated heterocycles. The highest BCUT2D eigenvalue weighted by atomic mass is 35.5. The van der Waals surface area contributed by atoms with Gasteiger partial charge in [-0.1, -0.05) is 18.5 Å². The van der Waals surface area contributed by atoms with Crippen LogP contribution in [0, 0.1) is 0 Å². The first-order valence-electron chi connectivity index (χ1n) is 3.56. The van der Waals surface area contributed by atoms with Crippen LogP contribution in [0.2, 0.25) is 5.15 Å². The minimum atomic E-state index is 0.424. The Morgan fingerprint density at radius 3 is 2.60 bits per heavy atom. The van der Waals surface area contributed by atoms with Gasteiger partial charge < -0.3 is 4.98 Å². The third-order valence-electron chi connectivity index (χ3n) is 2.30. The highest BCUT2D eigenvalue weighted by molar-refractivity contribution is 6.29. The molecule has 1 saturated carbocycles. The normalized spacial score (nSPS) is 21.0. The quantitative estimate of drug-likeness (QED) is 0.642. The summed E-state index contributed by atoms with van der Waals surface area (Å²) < 4.78 is 0. The number of aromatic nitrogens is 1. The van der Waals surface area contributed by atoms with Gasteiger partial charge in [-0.15, -0.1) is 0 Å². The van der Waals surface area contributed by atoms with Gasteiger partial charge in [0.25, 0.3) is 0 Å². The van der Waals surface area contributed by atoms with Crippen LogP contribution in [0.4, 0.5) is 0 Å². The average Bonchev–Trinajstić information content (AvgIpc) is 2.45. The van der Waals surface area contributed by atoms with Gasteiger partial charge >= 0.3 is 0 Å². The van der Waals surface area contributed by atoms with Crippen molar-refractivity contribution in [3.63, 3.8) is 0 Å². The Hall–Kier alpha value is -0.430. The Morgan fingerprint density at radius 2 is 2.20 bits per heavy atom. The van der Waals surface area contributed by atoms with E-state index in [-0.39, 0.29) is 0 Å². The van der Waals surface area contributed by atoms with Crippen molar-refractivity contribution in [3.8, 4) is 0 Å². The van der Waals surface area contributed by atoms with E-state index in [1.165, 1.54) is 18.5 Å². The van der Waals surface area contributed by atoms with Crippen LogP contribution >= 0.6 is 11.6 Å². The molecule has 0 spiro atoms. The van der Waals surface area contributed by atoms with E-state index in [9.17, 15) is 0 Å². The Labute approximate surface area is 65.4 Å². The van der Waals surface area contributed by atoms with Crippen LogP contribution in [-0.4, -0.2) is 4.98 Å². The van der Waals surface area contributed by atoms with Crippen LogP contribution < -0.4 is 0 Å². The highest BCUT2D eigenvalue weighted by Gasteiger charge is 2.39. The third kappa shape index (κ3) is 0.853. The zero-order chi connectivity index (χ0) is 7.19. The van der Waals surface area contributed by atoms with Crippen molar-refractivity contribution in [1.82, 2.24) is 4.98 Å². The van der Waals surface area contributed by atoms with Crippen molar-refractivity contribution in [2.75, 3.05) is 0 Å². The second kappa shape index (κ2) is 1.79. The molecular formula is C8H10ClN. The molecule has 0 radical (unpaired) electrons. The Morgan fingerprint density at radius 1 is 1.50 bits per heavy atom. The number of nitrogens with one attached hydrogen (secondary N) is 1. The van der Waals surface area contributed by atoms with Crippen molar-refractivity contribution in [2.24, 2.45) is 0 Å². The third-order valence-corrected chi connectivity index (χ3v) is 2.52. The molecule has 1 aromatic rings. The smallest absolute Gasteiger partial charge is 0.106 e. The van der Waals surface area contributed by atoms with Crippen LogP contribution in [0.25, 0.3) is 0 Å². The Bertz CT molecular complexity index is 248. The first-order valence-corrected chi connectivity index (χ1v) is 3.93. The molecule has 54 valence electrons. The first-order chi connectivity index (χ1) is 4.71. The molecule has 1 aliphatic rings. The topological polar surface area (TPSA) is 15.8 Å². The van der Waals surface area contributed by atoms with Crippen molar-refractivity contribution >= 4 is 11.6 Å². The summed E-state index contributed by atoms with van der Waals surface area (Å²) in [6.45, 7) is 2.26. The first kappa shape index (κ1) is 6.29. The number of hydrogen-bond acceptors (Lipinski definition) is 0. The number of aromatic amines is 1. The average molecular weight is 156 g/mol. The van der Waals surface area contributed by atoms with E-state index in [4.69, 9.17) is 11.6 Å². The zero-order valence-electron chi connectivity index (χ0n) is 5.95. The van der Waals surface area contributed by atoms with Crippen molar-refractivity contribution in [3.05, 3.63) is 23.0 Å². The molecule has 10 heavy (non-hydrogen) atoms. The maximum atomic E-state index is 5.74. The lowest BCUT2D eigenvalue weighted by Gasteiger charge is -2.02. The van der Waals surface area contributed by atoms with Crippen LogP contribution in [0.15, 0.2) is 12.1 Å². The molecule has 1 fully saturated rings. The molecule has 2 rings (SSSR count). The molecule has 1 aliphatic carbocycles. The zero-order valence-corrected chi connectivity index (χ0v) is 6.70. The lowest BCUT2D eigenvalue weighted by atomic mass is 10.1. The Balaban J connectivity index is 2.34. The maximum Gasteiger partial charge on any atom is 0.106 e. The van der Waals surface area contributed by atoms with Gasteiger partial charge in [-0.25, -0.2) is 0 Å². The van der Waals surface area contributed by atoms with Crippen LogP contribution in [-0.2, 0) is 5.41 Å². The summed E-state index contributed by atoms with van der Waals surface area (Å²) in [4.78, 5) is 3.14. The van der Waals surface area contributed by atoms with Crippen molar-refractivity contribution < 1.29 is 0 Å². The van der Waals surface area contributed by atoms with Crippen LogP contribution in [0.3, 0.4) is 0 Å². The maximum absolute atomic E-state index is 5.74. The summed E-state index contributed by atoms with van der Waals surface area (Å²) >= 11 is 5.74. The van der Waals surface area contributed by atoms with Gasteiger partial charge in [0.15, 0.2) is 0 Å². The van der Waals surface area contributed by atoms with E-state index in [0.29, 0.717) is 5.41 Å². The standard InChI is InChI=1S/C8H10ClN/c1-8(4-5-8)6-2-3-7(9)10-6/h2-3,10H,4-5H2,1H3. The predicted octanol–water partition coefficient (Wildman–Crippen LogP) is 2.72. The molecule has 1 nitrogen and oxygen atoms in total. The highest BCUT2D eigenvalue weighted by Crippen LogP contribution is 2.47. The van der Waals surface area contributed by atoms with E-state index < -0.39 is 0 Å². The Kier molecular flexibility index (Phi) is 1.13. The van der Waals surface area contributed by atoms with Gasteiger partial charge in [0.2, 0.25) is 0 Å². The fourth-order valence-electron chi connectivity index (χ4n) is 1.18. The molecule has 0 aromatic carbocycles. The molecule has 0 unspecified atom stereocenters. The molecule has 0 atom stereocenters. The van der Waals surface area contributed by atoms with E-state index in [1.807, 2.05) is 6.07 Å². The molecule has 2 heteroatoms. The van der Waals surface area contributed by atoms with Gasteiger partial charge in [0, 0.05) is 11.1 Å². The predicted molar refractivity (Wildman–Crippen MR) is 42.4 cm³/mol. The van der Waals surface area contributed by atoms with Crippen molar-refractivity contribution in [2.45, 2.75) is 25.2 Å². The number of halogens is 1. The molecule has 0 aliphatic heterocycles. The monoisotopic (exact) mass is 155 g/mol. The van der Waals surface area contributed by atoms with Gasteiger partial charge in [-0.2, -0.15) is 0 Å². The van der Waals surface area contributed by atoms with Crippen LogP contribution in [0.1, 0.15) is 25.5 Å². The molecular weight excluding hydrogens is 146 g/mol. The number of H-pyrrole nitrogens is 1. The largest absolute Gasteiger partial charge is 0.349 e. The van der Waals surface area contributed by atoms with Crippen LogP contribution in [0.5, 0.6) is 0 Å². The molecule has 1 N–H and O–H groups in total. The van der Waals surface area contributed by atoms with E-state index in [2.05, 4.69) is 18.0 Å². The lowest BCUT2D eigenvalue weighted by molar-refractivity contribution is 0.758. The molecule has 1 heterocycles. The van der Waals surface area contributed by atoms with Gasteiger partial charge in [0.05, 0.1) is 0 Å². The second-order valence-corrected chi connectivity index (χ2v) is 3.69. The summed E-state index contributed by atoms with van der Waals surface area (Å²) in [5, 5.41) is 0.753. The SMILES string of the molecule is CC1(c2ccc(Cl)[nH]2)CC1. The summed E-state index contributed by atoms with van der Waals surface area (Å²) in [7, 11) is 0. The lowest BCUT2D eigenvalue weighted by Crippen LogP contribution is -1.98. The summed E-state index contributed by atoms with van der Waals surface area (Å²) in [5.41, 5.74) is 1.71. The molecule has 1 aromatic heterocycles. The van der Waals surface area contributed by atoms with Crippen molar-refractivity contribution in [1.29, 1.82) is 0 Å². The number of hydrogen-bond donors (Lipinski definition) is 1. The summed E-state index contributed by atoms with van der Waals surface area (Å²) in [6.07, 6.45) is 2.59. The van der Waals surface area contributed by atoms with Gasteiger partial charge in [-0.05, 0) is 25.0 Å². The fourth-order valence-corrected chi connectivity index (χ4v) is 1.34. The van der Waals surface area contributed by atoms with Gasteiger partial charge in [-0.3, -0.25) is 0 Å². The second-order valence-electron chi connectivity index (χ2n) is 3.28. The fraction of sp³-hybridized carbons (Fsp3) is 0.500. The summed E-state index contributed by atoms with van der Waals surface area (Å²) in [6, 6.07) is 4.00. The summed E-state index contributed by atoms with van der Waals surface area (Å²) in [5.74, 6) is 0.